The van der Waals surface area contributed by atoms with Gasteiger partial charge in [-0.05, 0) is 26.8 Å². The molecule has 1 aliphatic heterocycles. The van der Waals surface area contributed by atoms with Crippen molar-refractivity contribution in [2.24, 2.45) is 5.73 Å². The maximum Gasteiger partial charge on any atom is 0.237 e. The summed E-state index contributed by atoms with van der Waals surface area (Å²) in [5, 5.41) is 4.23. The second-order valence-corrected chi connectivity index (χ2v) is 6.52. The van der Waals surface area contributed by atoms with Gasteiger partial charge in [-0.25, -0.2) is 9.67 Å². The summed E-state index contributed by atoms with van der Waals surface area (Å²) < 4.78 is 1.73. The van der Waals surface area contributed by atoms with Crippen LogP contribution in [0.4, 0.5) is 5.95 Å². The van der Waals surface area contributed by atoms with E-state index in [9.17, 15) is 4.79 Å². The van der Waals surface area contributed by atoms with Gasteiger partial charge >= 0.3 is 0 Å². The van der Waals surface area contributed by atoms with Gasteiger partial charge in [-0.2, -0.15) is 10.1 Å². The minimum atomic E-state index is -0.639. The molecule has 0 spiro atoms. The average molecular weight is 329 g/mol. The summed E-state index contributed by atoms with van der Waals surface area (Å²) in [4.78, 5) is 25.0. The number of hydrogen-bond acceptors (Lipinski definition) is 6. The highest BCUT2D eigenvalue weighted by Gasteiger charge is 2.35. The summed E-state index contributed by atoms with van der Waals surface area (Å²) in [5.41, 5.74) is 5.77. The Morgan fingerprint density at radius 2 is 1.92 bits per heavy atom. The van der Waals surface area contributed by atoms with Crippen molar-refractivity contribution in [2.45, 2.75) is 26.3 Å². The third kappa shape index (κ3) is 3.09. The number of nitrogens with two attached hydrogens (primary N) is 1. The van der Waals surface area contributed by atoms with E-state index in [1.807, 2.05) is 39.1 Å². The monoisotopic (exact) mass is 329 g/mol. The Balaban J connectivity index is 1.76. The molecule has 1 amide bonds. The van der Waals surface area contributed by atoms with Crippen LogP contribution in [-0.4, -0.2) is 62.3 Å². The van der Waals surface area contributed by atoms with Crippen molar-refractivity contribution in [3.63, 3.8) is 0 Å². The summed E-state index contributed by atoms with van der Waals surface area (Å²) in [6.07, 6.45) is 3.58. The number of anilines is 1. The smallest absolute Gasteiger partial charge is 0.237 e. The second-order valence-electron chi connectivity index (χ2n) is 6.52. The molecular formula is C16H23N7O. The van der Waals surface area contributed by atoms with Crippen LogP contribution in [-0.2, 0) is 4.79 Å². The standard InChI is InChI=1S/C16H23N7O/c1-12-11-13(23-6-4-5-18-23)20-15(19-12)21-7-9-22(10-8-21)16(2,3)14(17)24/h4-6,11H,7-10H2,1-3H3,(H2,17,24). The zero-order valence-electron chi connectivity index (χ0n) is 14.3. The number of carbonyl (C=O) groups excluding carboxylic acids is 1. The topological polar surface area (TPSA) is 93.2 Å². The van der Waals surface area contributed by atoms with Crippen LogP contribution in [0.3, 0.4) is 0 Å². The number of nitrogens with zero attached hydrogens (tertiary/aromatic N) is 6. The van der Waals surface area contributed by atoms with Crippen LogP contribution in [0.2, 0.25) is 0 Å². The second kappa shape index (κ2) is 6.20. The van der Waals surface area contributed by atoms with Crippen molar-refractivity contribution in [3.8, 4) is 5.82 Å². The Morgan fingerprint density at radius 3 is 2.50 bits per heavy atom. The molecule has 2 N–H and O–H groups in total. The molecule has 0 atom stereocenters. The van der Waals surface area contributed by atoms with E-state index in [4.69, 9.17) is 5.73 Å². The highest BCUT2D eigenvalue weighted by Crippen LogP contribution is 2.20. The van der Waals surface area contributed by atoms with Crippen LogP contribution in [0.5, 0.6) is 0 Å². The molecule has 0 saturated carbocycles. The predicted octanol–water partition coefficient (Wildman–Crippen LogP) is 0.357. The largest absolute Gasteiger partial charge is 0.368 e. The molecule has 8 nitrogen and oxygen atoms in total. The number of aryl methyl sites for hydroxylation is 1. The van der Waals surface area contributed by atoms with Crippen LogP contribution in [0.25, 0.3) is 5.82 Å². The highest BCUT2D eigenvalue weighted by molar-refractivity contribution is 5.83. The zero-order valence-corrected chi connectivity index (χ0v) is 14.3. The average Bonchev–Trinajstić information content (AvgIpc) is 3.09. The summed E-state index contributed by atoms with van der Waals surface area (Å²) in [6, 6.07) is 3.77. The summed E-state index contributed by atoms with van der Waals surface area (Å²) in [5.74, 6) is 1.14. The van der Waals surface area contributed by atoms with Gasteiger partial charge < -0.3 is 10.6 Å². The lowest BCUT2D eigenvalue weighted by Crippen LogP contribution is -2.60. The van der Waals surface area contributed by atoms with Crippen LogP contribution in [0.1, 0.15) is 19.5 Å². The molecule has 128 valence electrons. The van der Waals surface area contributed by atoms with E-state index < -0.39 is 5.54 Å². The first-order valence-corrected chi connectivity index (χ1v) is 8.03. The first kappa shape index (κ1) is 16.4. The highest BCUT2D eigenvalue weighted by atomic mass is 16.1. The molecule has 1 saturated heterocycles. The number of rotatable bonds is 4. The lowest BCUT2D eigenvalue weighted by atomic mass is 10.0. The van der Waals surface area contributed by atoms with Crippen LogP contribution < -0.4 is 10.6 Å². The zero-order chi connectivity index (χ0) is 17.3. The number of carbonyl (C=O) groups is 1. The normalized spacial score (nSPS) is 16.4. The van der Waals surface area contributed by atoms with Gasteiger partial charge in [0.05, 0.1) is 5.54 Å². The SMILES string of the molecule is Cc1cc(-n2cccn2)nc(N2CCN(C(C)(C)C(N)=O)CC2)n1. The third-order valence-corrected chi connectivity index (χ3v) is 4.52. The molecule has 8 heteroatoms. The van der Waals surface area contributed by atoms with E-state index >= 15 is 0 Å². The van der Waals surface area contributed by atoms with E-state index in [0.717, 1.165) is 37.7 Å². The summed E-state index contributed by atoms with van der Waals surface area (Å²) in [7, 11) is 0. The number of aromatic nitrogens is 4. The van der Waals surface area contributed by atoms with E-state index in [2.05, 4.69) is 24.9 Å². The quantitative estimate of drug-likeness (QED) is 0.870. The Morgan fingerprint density at radius 1 is 1.21 bits per heavy atom. The van der Waals surface area contributed by atoms with Crippen molar-refractivity contribution >= 4 is 11.9 Å². The number of hydrogen-bond donors (Lipinski definition) is 1. The van der Waals surface area contributed by atoms with Gasteiger partial charge in [-0.1, -0.05) is 0 Å². The molecular weight excluding hydrogens is 306 g/mol. The van der Waals surface area contributed by atoms with Crippen molar-refractivity contribution in [2.75, 3.05) is 31.1 Å². The van der Waals surface area contributed by atoms with E-state index in [1.165, 1.54) is 0 Å². The minimum Gasteiger partial charge on any atom is -0.368 e. The molecule has 0 radical (unpaired) electrons. The number of piperazine rings is 1. The maximum atomic E-state index is 11.6. The van der Waals surface area contributed by atoms with Gasteiger partial charge in [0, 0.05) is 50.3 Å². The van der Waals surface area contributed by atoms with Crippen molar-refractivity contribution in [1.29, 1.82) is 0 Å². The summed E-state index contributed by atoms with van der Waals surface area (Å²) >= 11 is 0. The van der Waals surface area contributed by atoms with Gasteiger partial charge in [-0.3, -0.25) is 9.69 Å². The Kier molecular flexibility index (Phi) is 4.23. The molecule has 2 aromatic heterocycles. The first-order valence-electron chi connectivity index (χ1n) is 8.03. The van der Waals surface area contributed by atoms with E-state index in [1.54, 1.807) is 10.9 Å². The van der Waals surface area contributed by atoms with E-state index in [-0.39, 0.29) is 5.91 Å². The van der Waals surface area contributed by atoms with E-state index in [0.29, 0.717) is 5.95 Å². The molecule has 1 aliphatic rings. The fourth-order valence-electron chi connectivity index (χ4n) is 2.82. The summed E-state index contributed by atoms with van der Waals surface area (Å²) in [6.45, 7) is 8.66. The van der Waals surface area contributed by atoms with Crippen molar-refractivity contribution in [3.05, 3.63) is 30.2 Å². The molecule has 2 aromatic rings. The van der Waals surface area contributed by atoms with Crippen molar-refractivity contribution < 1.29 is 4.79 Å². The fourth-order valence-corrected chi connectivity index (χ4v) is 2.82. The Hall–Kier alpha value is -2.48. The van der Waals surface area contributed by atoms with Gasteiger partial charge in [0.2, 0.25) is 11.9 Å². The van der Waals surface area contributed by atoms with Crippen LogP contribution >= 0.6 is 0 Å². The predicted molar refractivity (Wildman–Crippen MR) is 91.0 cm³/mol. The lowest BCUT2D eigenvalue weighted by Gasteiger charge is -2.42. The first-order chi connectivity index (χ1) is 11.4. The molecule has 0 unspecified atom stereocenters. The van der Waals surface area contributed by atoms with Gasteiger partial charge in [-0.15, -0.1) is 0 Å². The maximum absolute atomic E-state index is 11.6. The van der Waals surface area contributed by atoms with Gasteiger partial charge in [0.25, 0.3) is 0 Å². The molecule has 1 fully saturated rings. The van der Waals surface area contributed by atoms with Gasteiger partial charge in [0.1, 0.15) is 0 Å². The molecule has 0 aromatic carbocycles. The molecule has 3 rings (SSSR count). The Labute approximate surface area is 141 Å². The number of primary amides is 1. The molecule has 0 aliphatic carbocycles. The minimum absolute atomic E-state index is 0.302. The molecule has 0 bridgehead atoms. The number of amides is 1. The van der Waals surface area contributed by atoms with Crippen LogP contribution in [0, 0.1) is 6.92 Å². The van der Waals surface area contributed by atoms with Crippen molar-refractivity contribution in [1.82, 2.24) is 24.6 Å². The lowest BCUT2D eigenvalue weighted by molar-refractivity contribution is -0.128. The fraction of sp³-hybridized carbons (Fsp3) is 0.500. The molecule has 3 heterocycles. The van der Waals surface area contributed by atoms with Crippen LogP contribution in [0.15, 0.2) is 24.5 Å². The third-order valence-electron chi connectivity index (χ3n) is 4.52. The Bertz CT molecular complexity index is 718. The molecule has 24 heavy (non-hydrogen) atoms. The van der Waals surface area contributed by atoms with Gasteiger partial charge in [0.15, 0.2) is 5.82 Å².